The third-order valence-corrected chi connectivity index (χ3v) is 3.57. The smallest absolute Gasteiger partial charge is 0.297 e. The molecule has 20 heavy (non-hydrogen) atoms. The van der Waals surface area contributed by atoms with Crippen molar-refractivity contribution in [1.82, 2.24) is 14.5 Å². The molecule has 1 atom stereocenters. The Hall–Kier alpha value is -2.30. The molecule has 0 radical (unpaired) electrons. The monoisotopic (exact) mass is 269 g/mol. The third kappa shape index (κ3) is 1.95. The van der Waals surface area contributed by atoms with Gasteiger partial charge in [-0.3, -0.25) is 9.55 Å². The highest BCUT2D eigenvalue weighted by molar-refractivity contribution is 5.75. The fourth-order valence-electron chi connectivity index (χ4n) is 2.59. The molecule has 0 spiro atoms. The Morgan fingerprint density at radius 2 is 2.40 bits per heavy atom. The second-order valence-corrected chi connectivity index (χ2v) is 5.01. The van der Waals surface area contributed by atoms with Crippen molar-refractivity contribution in [2.24, 2.45) is 0 Å². The summed E-state index contributed by atoms with van der Waals surface area (Å²) in [5, 5.41) is 0. The van der Waals surface area contributed by atoms with Crippen LogP contribution < -0.4 is 4.74 Å². The van der Waals surface area contributed by atoms with E-state index in [4.69, 9.17) is 9.47 Å². The molecule has 4 rings (SSSR count). The van der Waals surface area contributed by atoms with E-state index in [2.05, 4.69) is 26.7 Å². The van der Waals surface area contributed by atoms with E-state index in [1.165, 1.54) is 0 Å². The Kier molecular flexibility index (Phi) is 2.69. The summed E-state index contributed by atoms with van der Waals surface area (Å²) in [5.41, 5.74) is 1.94. The number of hydrogen-bond acceptors (Lipinski definition) is 4. The number of ether oxygens (including phenoxy) is 2. The zero-order valence-electron chi connectivity index (χ0n) is 11.0. The van der Waals surface area contributed by atoms with E-state index in [1.807, 2.05) is 12.1 Å². The number of aromatic nitrogens is 3. The largest absolute Gasteiger partial charge is 0.490 e. The van der Waals surface area contributed by atoms with Gasteiger partial charge in [0.15, 0.2) is 6.10 Å². The highest BCUT2D eigenvalue weighted by Crippen LogP contribution is 2.27. The first kappa shape index (κ1) is 11.5. The van der Waals surface area contributed by atoms with Crippen LogP contribution in [0.15, 0.2) is 42.4 Å². The van der Waals surface area contributed by atoms with Crippen LogP contribution in [0.2, 0.25) is 0 Å². The predicted molar refractivity (Wildman–Crippen MR) is 74.4 cm³/mol. The maximum absolute atomic E-state index is 5.83. The molecule has 2 aromatic heterocycles. The van der Waals surface area contributed by atoms with E-state index in [0.29, 0.717) is 12.6 Å². The molecule has 5 heteroatoms. The maximum Gasteiger partial charge on any atom is 0.297 e. The van der Waals surface area contributed by atoms with Crippen molar-refractivity contribution in [2.45, 2.75) is 25.5 Å². The predicted octanol–water partition coefficient (Wildman–Crippen LogP) is 2.44. The Morgan fingerprint density at radius 3 is 3.30 bits per heavy atom. The molecule has 0 unspecified atom stereocenters. The SMILES string of the molecule is C1=CC(OC[C@@H]2Cn3c(nc4cnccc43)O2)=CCC1. The average Bonchev–Trinajstić information content (AvgIpc) is 3.03. The zero-order chi connectivity index (χ0) is 13.4. The van der Waals surface area contributed by atoms with Crippen molar-refractivity contribution in [3.05, 3.63) is 42.4 Å². The molecule has 0 saturated heterocycles. The number of allylic oxidation sites excluding steroid dienone is 3. The lowest BCUT2D eigenvalue weighted by Crippen LogP contribution is -2.21. The molecular weight excluding hydrogens is 254 g/mol. The van der Waals surface area contributed by atoms with E-state index in [9.17, 15) is 0 Å². The van der Waals surface area contributed by atoms with Gasteiger partial charge in [-0.15, -0.1) is 0 Å². The molecule has 1 aliphatic heterocycles. The Morgan fingerprint density at radius 1 is 1.40 bits per heavy atom. The Labute approximate surface area is 116 Å². The first-order valence-electron chi connectivity index (χ1n) is 6.86. The fourth-order valence-corrected chi connectivity index (χ4v) is 2.59. The molecule has 5 nitrogen and oxygen atoms in total. The molecule has 0 fully saturated rings. The van der Waals surface area contributed by atoms with Crippen molar-refractivity contribution < 1.29 is 9.47 Å². The van der Waals surface area contributed by atoms with Gasteiger partial charge in [0.05, 0.1) is 18.3 Å². The van der Waals surface area contributed by atoms with Crippen LogP contribution >= 0.6 is 0 Å². The highest BCUT2D eigenvalue weighted by atomic mass is 16.6. The fraction of sp³-hybridized carbons (Fsp3) is 0.333. The zero-order valence-corrected chi connectivity index (χ0v) is 11.0. The molecule has 1 aliphatic carbocycles. The molecule has 2 aliphatic rings. The van der Waals surface area contributed by atoms with Crippen LogP contribution in [-0.2, 0) is 11.3 Å². The van der Waals surface area contributed by atoms with Crippen molar-refractivity contribution in [3.8, 4) is 6.01 Å². The molecular formula is C15H15N3O2. The highest BCUT2D eigenvalue weighted by Gasteiger charge is 2.27. The first-order valence-corrected chi connectivity index (χ1v) is 6.86. The quantitative estimate of drug-likeness (QED) is 0.858. The standard InChI is InChI=1S/C15H15N3O2/c1-2-4-11(5-3-1)19-10-12-9-18-14-6-7-16-8-13(14)17-15(18)20-12/h2,4-8,12H,1,3,9-10H2/t12-/m0/s1. The van der Waals surface area contributed by atoms with Crippen molar-refractivity contribution >= 4 is 11.0 Å². The number of nitrogens with zero attached hydrogens (tertiary/aromatic N) is 3. The lowest BCUT2D eigenvalue weighted by atomic mass is 10.2. The van der Waals surface area contributed by atoms with Gasteiger partial charge in [0.25, 0.3) is 6.01 Å². The van der Waals surface area contributed by atoms with Crippen LogP contribution in [0.3, 0.4) is 0 Å². The van der Waals surface area contributed by atoms with Gasteiger partial charge in [-0.2, -0.15) is 4.98 Å². The second kappa shape index (κ2) is 4.67. The summed E-state index contributed by atoms with van der Waals surface area (Å²) in [6.07, 6.45) is 12.0. The van der Waals surface area contributed by atoms with Crippen molar-refractivity contribution in [2.75, 3.05) is 6.61 Å². The molecule has 0 saturated carbocycles. The van der Waals surface area contributed by atoms with Crippen LogP contribution in [0, 0.1) is 0 Å². The second-order valence-electron chi connectivity index (χ2n) is 5.01. The molecule has 102 valence electrons. The van der Waals surface area contributed by atoms with Crippen LogP contribution in [0.5, 0.6) is 6.01 Å². The van der Waals surface area contributed by atoms with E-state index >= 15 is 0 Å². The lowest BCUT2D eigenvalue weighted by Gasteiger charge is -2.13. The summed E-state index contributed by atoms with van der Waals surface area (Å²) in [5.74, 6) is 0.943. The number of pyridine rings is 1. The number of fused-ring (bicyclic) bond motifs is 3. The molecule has 0 bridgehead atoms. The van der Waals surface area contributed by atoms with Crippen molar-refractivity contribution in [3.63, 3.8) is 0 Å². The summed E-state index contributed by atoms with van der Waals surface area (Å²) in [4.78, 5) is 8.50. The van der Waals surface area contributed by atoms with E-state index in [-0.39, 0.29) is 6.10 Å². The summed E-state index contributed by atoms with van der Waals surface area (Å²) < 4.78 is 13.7. The molecule has 0 amide bonds. The Bertz CT molecular complexity index is 702. The van der Waals surface area contributed by atoms with Gasteiger partial charge in [-0.05, 0) is 31.1 Å². The number of hydrogen-bond donors (Lipinski definition) is 0. The number of imidazole rings is 1. The molecule has 2 aromatic rings. The summed E-state index contributed by atoms with van der Waals surface area (Å²) in [6.45, 7) is 1.32. The van der Waals surface area contributed by atoms with Crippen molar-refractivity contribution in [1.29, 1.82) is 0 Å². The Balaban J connectivity index is 1.46. The molecule has 3 heterocycles. The molecule has 0 aromatic carbocycles. The van der Waals surface area contributed by atoms with E-state index in [0.717, 1.165) is 36.2 Å². The van der Waals surface area contributed by atoms with Gasteiger partial charge in [-0.25, -0.2) is 0 Å². The van der Waals surface area contributed by atoms with Gasteiger partial charge in [0.2, 0.25) is 0 Å². The van der Waals surface area contributed by atoms with Gasteiger partial charge >= 0.3 is 0 Å². The summed E-state index contributed by atoms with van der Waals surface area (Å²) in [7, 11) is 0. The average molecular weight is 269 g/mol. The third-order valence-electron chi connectivity index (χ3n) is 3.57. The lowest BCUT2D eigenvalue weighted by molar-refractivity contribution is 0.104. The topological polar surface area (TPSA) is 49.2 Å². The van der Waals surface area contributed by atoms with E-state index < -0.39 is 0 Å². The van der Waals surface area contributed by atoms with Crippen LogP contribution in [0.1, 0.15) is 12.8 Å². The first-order chi connectivity index (χ1) is 9.90. The van der Waals surface area contributed by atoms with Crippen LogP contribution in [-0.4, -0.2) is 27.2 Å². The minimum Gasteiger partial charge on any atom is -0.490 e. The minimum absolute atomic E-state index is 0.0197. The van der Waals surface area contributed by atoms with Gasteiger partial charge in [-0.1, -0.05) is 6.08 Å². The van der Waals surface area contributed by atoms with Gasteiger partial charge < -0.3 is 9.47 Å². The summed E-state index contributed by atoms with van der Waals surface area (Å²) in [6, 6.07) is 2.62. The normalized spacial score (nSPS) is 20.6. The van der Waals surface area contributed by atoms with Crippen LogP contribution in [0.25, 0.3) is 11.0 Å². The maximum atomic E-state index is 5.83. The minimum atomic E-state index is 0.0197. The van der Waals surface area contributed by atoms with E-state index in [1.54, 1.807) is 12.4 Å². The van der Waals surface area contributed by atoms with Crippen LogP contribution in [0.4, 0.5) is 0 Å². The van der Waals surface area contributed by atoms with Gasteiger partial charge in [0, 0.05) is 6.20 Å². The number of rotatable bonds is 3. The summed E-state index contributed by atoms with van der Waals surface area (Å²) >= 11 is 0. The van der Waals surface area contributed by atoms with Gasteiger partial charge in [0.1, 0.15) is 17.9 Å². The molecule has 0 N–H and O–H groups in total.